The Morgan fingerprint density at radius 2 is 2.00 bits per heavy atom. The SMILES string of the molecule is O=C(C#Cc1ccccc1)CCCO. The number of aliphatic hydroxyl groups excluding tert-OH is 1. The first-order chi connectivity index (χ1) is 6.83. The Bertz CT molecular complexity index is 344. The van der Waals surface area contributed by atoms with Crippen LogP contribution in [0, 0.1) is 11.8 Å². The lowest BCUT2D eigenvalue weighted by atomic mass is 10.2. The highest BCUT2D eigenvalue weighted by molar-refractivity contribution is 5.95. The van der Waals surface area contributed by atoms with Crippen LogP contribution in [-0.4, -0.2) is 17.5 Å². The van der Waals surface area contributed by atoms with Crippen LogP contribution in [0.25, 0.3) is 0 Å². The molecule has 14 heavy (non-hydrogen) atoms. The van der Waals surface area contributed by atoms with Gasteiger partial charge < -0.3 is 5.11 Å². The molecule has 0 amide bonds. The summed E-state index contributed by atoms with van der Waals surface area (Å²) in [5, 5.41) is 8.50. The summed E-state index contributed by atoms with van der Waals surface area (Å²) >= 11 is 0. The third-order valence-electron chi connectivity index (χ3n) is 1.68. The number of aliphatic hydroxyl groups is 1. The van der Waals surface area contributed by atoms with Crippen LogP contribution in [0.5, 0.6) is 0 Å². The number of rotatable bonds is 3. The van der Waals surface area contributed by atoms with Gasteiger partial charge in [0.2, 0.25) is 5.78 Å². The average molecular weight is 188 g/mol. The molecule has 0 aliphatic heterocycles. The lowest BCUT2D eigenvalue weighted by molar-refractivity contribution is -0.114. The van der Waals surface area contributed by atoms with Crippen molar-refractivity contribution in [3.8, 4) is 11.8 Å². The summed E-state index contributed by atoms with van der Waals surface area (Å²) in [5.74, 6) is 5.18. The van der Waals surface area contributed by atoms with Crippen LogP contribution in [0.1, 0.15) is 18.4 Å². The Labute approximate surface area is 83.6 Å². The molecular formula is C12H12O2. The van der Waals surface area contributed by atoms with E-state index in [0.717, 1.165) is 5.56 Å². The molecule has 1 rings (SSSR count). The van der Waals surface area contributed by atoms with Crippen LogP contribution in [0.3, 0.4) is 0 Å². The van der Waals surface area contributed by atoms with Gasteiger partial charge in [-0.05, 0) is 24.5 Å². The molecule has 1 aromatic carbocycles. The largest absolute Gasteiger partial charge is 0.396 e. The fraction of sp³-hybridized carbons (Fsp3) is 0.250. The summed E-state index contributed by atoms with van der Waals surface area (Å²) in [7, 11) is 0. The molecule has 0 saturated heterocycles. The molecular weight excluding hydrogens is 176 g/mol. The molecule has 0 radical (unpaired) electrons. The summed E-state index contributed by atoms with van der Waals surface area (Å²) in [6.07, 6.45) is 0.818. The van der Waals surface area contributed by atoms with Gasteiger partial charge in [0, 0.05) is 18.6 Å². The van der Waals surface area contributed by atoms with Crippen molar-refractivity contribution in [3.05, 3.63) is 35.9 Å². The van der Waals surface area contributed by atoms with Crippen LogP contribution < -0.4 is 0 Å². The molecule has 0 fully saturated rings. The number of carbonyl (C=O) groups is 1. The number of Topliss-reactive ketones (excluding diaryl/α,β-unsaturated/α-hetero) is 1. The molecule has 2 nitrogen and oxygen atoms in total. The van der Waals surface area contributed by atoms with Gasteiger partial charge in [-0.2, -0.15) is 0 Å². The van der Waals surface area contributed by atoms with Crippen molar-refractivity contribution in [2.75, 3.05) is 6.61 Å². The average Bonchev–Trinajstić information content (AvgIpc) is 2.25. The Hall–Kier alpha value is -1.59. The Balaban J connectivity index is 2.51. The van der Waals surface area contributed by atoms with Crippen molar-refractivity contribution in [2.45, 2.75) is 12.8 Å². The number of benzene rings is 1. The van der Waals surface area contributed by atoms with Crippen LogP contribution in [-0.2, 0) is 4.79 Å². The van der Waals surface area contributed by atoms with Gasteiger partial charge in [-0.15, -0.1) is 0 Å². The molecule has 0 aliphatic carbocycles. The molecule has 1 aromatic rings. The summed E-state index contributed by atoms with van der Waals surface area (Å²) < 4.78 is 0. The highest BCUT2D eigenvalue weighted by atomic mass is 16.3. The van der Waals surface area contributed by atoms with Gasteiger partial charge in [0.05, 0.1) is 0 Å². The van der Waals surface area contributed by atoms with E-state index in [-0.39, 0.29) is 12.4 Å². The van der Waals surface area contributed by atoms with Gasteiger partial charge >= 0.3 is 0 Å². The second kappa shape index (κ2) is 5.95. The number of hydrogen-bond acceptors (Lipinski definition) is 2. The zero-order chi connectivity index (χ0) is 10.2. The second-order valence-electron chi connectivity index (χ2n) is 2.87. The minimum atomic E-state index is -0.122. The quantitative estimate of drug-likeness (QED) is 0.727. The van der Waals surface area contributed by atoms with Gasteiger partial charge in [-0.1, -0.05) is 24.1 Å². The molecule has 0 bridgehead atoms. The third-order valence-corrected chi connectivity index (χ3v) is 1.68. The second-order valence-corrected chi connectivity index (χ2v) is 2.87. The van der Waals surface area contributed by atoms with Crippen LogP contribution in [0.4, 0.5) is 0 Å². The normalized spacial score (nSPS) is 8.93. The molecule has 0 aromatic heterocycles. The lowest BCUT2D eigenvalue weighted by Crippen LogP contribution is -1.95. The van der Waals surface area contributed by atoms with E-state index >= 15 is 0 Å². The zero-order valence-corrected chi connectivity index (χ0v) is 7.86. The number of ketones is 1. The van der Waals surface area contributed by atoms with Crippen molar-refractivity contribution in [1.29, 1.82) is 0 Å². The predicted molar refractivity (Wildman–Crippen MR) is 54.6 cm³/mol. The first-order valence-electron chi connectivity index (χ1n) is 4.53. The molecule has 0 atom stereocenters. The number of hydrogen-bond donors (Lipinski definition) is 1. The minimum absolute atomic E-state index is 0.0404. The third kappa shape index (κ3) is 3.88. The molecule has 1 N–H and O–H groups in total. The maximum atomic E-state index is 11.1. The van der Waals surface area contributed by atoms with E-state index in [1.165, 1.54) is 0 Å². The summed E-state index contributed by atoms with van der Waals surface area (Å²) in [4.78, 5) is 11.1. The van der Waals surface area contributed by atoms with Gasteiger partial charge in [-0.3, -0.25) is 4.79 Å². The summed E-state index contributed by atoms with van der Waals surface area (Å²) in [6.45, 7) is 0.0404. The fourth-order valence-electron chi connectivity index (χ4n) is 0.965. The van der Waals surface area contributed by atoms with Gasteiger partial charge in [0.1, 0.15) is 0 Å². The van der Waals surface area contributed by atoms with E-state index in [2.05, 4.69) is 11.8 Å². The standard InChI is InChI=1S/C12H12O2/c13-10-4-7-12(14)9-8-11-5-2-1-3-6-11/h1-3,5-6,13H,4,7,10H2. The molecule has 0 heterocycles. The Kier molecular flexibility index (Phi) is 4.46. The van der Waals surface area contributed by atoms with E-state index in [9.17, 15) is 4.79 Å². The van der Waals surface area contributed by atoms with Crippen molar-refractivity contribution < 1.29 is 9.90 Å². The molecule has 72 valence electrons. The minimum Gasteiger partial charge on any atom is -0.396 e. The predicted octanol–water partition coefficient (Wildman–Crippen LogP) is 1.38. The van der Waals surface area contributed by atoms with E-state index in [4.69, 9.17) is 5.11 Å². The van der Waals surface area contributed by atoms with Gasteiger partial charge in [-0.25, -0.2) is 0 Å². The summed E-state index contributed by atoms with van der Waals surface area (Å²) in [6, 6.07) is 9.36. The van der Waals surface area contributed by atoms with Crippen molar-refractivity contribution in [3.63, 3.8) is 0 Å². The smallest absolute Gasteiger partial charge is 0.205 e. The van der Waals surface area contributed by atoms with Crippen LogP contribution in [0.2, 0.25) is 0 Å². The van der Waals surface area contributed by atoms with Crippen molar-refractivity contribution >= 4 is 5.78 Å². The number of carbonyl (C=O) groups excluding carboxylic acids is 1. The van der Waals surface area contributed by atoms with Crippen LogP contribution in [0.15, 0.2) is 30.3 Å². The van der Waals surface area contributed by atoms with Gasteiger partial charge in [0.15, 0.2) is 0 Å². The zero-order valence-electron chi connectivity index (χ0n) is 7.86. The molecule has 0 unspecified atom stereocenters. The fourth-order valence-corrected chi connectivity index (χ4v) is 0.965. The van der Waals surface area contributed by atoms with Gasteiger partial charge in [0.25, 0.3) is 0 Å². The first kappa shape index (κ1) is 10.5. The van der Waals surface area contributed by atoms with E-state index in [0.29, 0.717) is 12.8 Å². The Morgan fingerprint density at radius 1 is 1.29 bits per heavy atom. The topological polar surface area (TPSA) is 37.3 Å². The monoisotopic (exact) mass is 188 g/mol. The highest BCUT2D eigenvalue weighted by Crippen LogP contribution is 1.95. The van der Waals surface area contributed by atoms with Crippen molar-refractivity contribution in [1.82, 2.24) is 0 Å². The molecule has 0 aliphatic rings. The first-order valence-corrected chi connectivity index (χ1v) is 4.53. The van der Waals surface area contributed by atoms with Crippen LogP contribution >= 0.6 is 0 Å². The highest BCUT2D eigenvalue weighted by Gasteiger charge is 1.94. The molecule has 2 heteroatoms. The molecule has 0 saturated carbocycles. The maximum Gasteiger partial charge on any atom is 0.205 e. The van der Waals surface area contributed by atoms with E-state index in [1.807, 2.05) is 30.3 Å². The van der Waals surface area contributed by atoms with Crippen molar-refractivity contribution in [2.24, 2.45) is 0 Å². The maximum absolute atomic E-state index is 11.1. The van der Waals surface area contributed by atoms with E-state index < -0.39 is 0 Å². The van der Waals surface area contributed by atoms with E-state index in [1.54, 1.807) is 0 Å². The lowest BCUT2D eigenvalue weighted by Gasteiger charge is -1.89. The summed E-state index contributed by atoms with van der Waals surface area (Å²) in [5.41, 5.74) is 0.838. The Morgan fingerprint density at radius 3 is 2.64 bits per heavy atom. The molecule has 0 spiro atoms.